The summed E-state index contributed by atoms with van der Waals surface area (Å²) in [4.78, 5) is 31.5. The summed E-state index contributed by atoms with van der Waals surface area (Å²) >= 11 is 1.06. The number of anilines is 2. The first-order valence-electron chi connectivity index (χ1n) is 9.59. The first-order chi connectivity index (χ1) is 14.9. The van der Waals surface area contributed by atoms with E-state index in [4.69, 9.17) is 6.42 Å². The summed E-state index contributed by atoms with van der Waals surface area (Å²) in [5.74, 6) is 2.95. The second-order valence-electron chi connectivity index (χ2n) is 6.62. The van der Waals surface area contributed by atoms with E-state index >= 15 is 0 Å². The molecule has 31 heavy (non-hydrogen) atoms. The summed E-state index contributed by atoms with van der Waals surface area (Å²) in [6, 6.07) is 7.37. The Labute approximate surface area is 184 Å². The average Bonchev–Trinajstić information content (AvgIpc) is 3.06. The molecule has 3 N–H and O–H groups in total. The Morgan fingerprint density at radius 2 is 2.13 bits per heavy atom. The van der Waals surface area contributed by atoms with E-state index < -0.39 is 5.91 Å². The van der Waals surface area contributed by atoms with Crippen LogP contribution in [0.25, 0.3) is 11.8 Å². The number of rotatable bonds is 9. The van der Waals surface area contributed by atoms with Crippen molar-refractivity contribution in [2.75, 3.05) is 44.4 Å². The van der Waals surface area contributed by atoms with Crippen LogP contribution in [0.2, 0.25) is 0 Å². The molecular weight excluding hydrogens is 414 g/mol. The smallest absolute Gasteiger partial charge is 0.270 e. The van der Waals surface area contributed by atoms with Crippen molar-refractivity contribution < 1.29 is 4.79 Å². The molecule has 0 unspecified atom stereocenters. The summed E-state index contributed by atoms with van der Waals surface area (Å²) in [5, 5.41) is 18.2. The van der Waals surface area contributed by atoms with Crippen LogP contribution in [0.5, 0.6) is 0 Å². The monoisotopic (exact) mass is 439 g/mol. The summed E-state index contributed by atoms with van der Waals surface area (Å²) in [6.07, 6.45) is 6.68. The van der Waals surface area contributed by atoms with Crippen LogP contribution in [0, 0.1) is 23.7 Å². The van der Waals surface area contributed by atoms with Gasteiger partial charge in [0.2, 0.25) is 0 Å². The third-order valence-electron chi connectivity index (χ3n) is 4.09. The molecule has 0 aliphatic heterocycles. The van der Waals surface area contributed by atoms with Gasteiger partial charge in [0.25, 0.3) is 11.5 Å². The lowest BCUT2D eigenvalue weighted by atomic mass is 10.3. The average molecular weight is 440 g/mol. The molecule has 0 radical (unpaired) electrons. The van der Waals surface area contributed by atoms with E-state index in [1.165, 1.54) is 10.8 Å². The van der Waals surface area contributed by atoms with Crippen molar-refractivity contribution in [2.45, 2.75) is 13.5 Å². The van der Waals surface area contributed by atoms with Crippen molar-refractivity contribution >= 4 is 40.7 Å². The van der Waals surface area contributed by atoms with E-state index in [1.807, 2.05) is 32.3 Å². The minimum Gasteiger partial charge on any atom is -0.369 e. The second kappa shape index (κ2) is 11.6. The van der Waals surface area contributed by atoms with Gasteiger partial charge in [-0.25, -0.2) is 4.98 Å². The minimum atomic E-state index is -0.610. The van der Waals surface area contributed by atoms with Crippen molar-refractivity contribution in [1.29, 1.82) is 5.26 Å². The van der Waals surface area contributed by atoms with Gasteiger partial charge in [0, 0.05) is 25.8 Å². The van der Waals surface area contributed by atoms with E-state index in [-0.39, 0.29) is 22.3 Å². The van der Waals surface area contributed by atoms with Crippen LogP contribution in [0.15, 0.2) is 23.0 Å². The molecule has 0 spiro atoms. The highest BCUT2D eigenvalue weighted by molar-refractivity contribution is 7.07. The zero-order chi connectivity index (χ0) is 22.8. The highest BCUT2D eigenvalue weighted by atomic mass is 32.1. The van der Waals surface area contributed by atoms with Crippen LogP contribution in [0.4, 0.5) is 11.6 Å². The zero-order valence-electron chi connectivity index (χ0n) is 17.7. The van der Waals surface area contributed by atoms with Crippen LogP contribution < -0.4 is 30.7 Å². The Morgan fingerprint density at radius 1 is 1.39 bits per heavy atom. The van der Waals surface area contributed by atoms with E-state index in [0.717, 1.165) is 24.4 Å². The summed E-state index contributed by atoms with van der Waals surface area (Å²) in [7, 11) is 3.99. The molecule has 0 saturated carbocycles. The number of nitriles is 1. The predicted octanol–water partition coefficient (Wildman–Crippen LogP) is -0.428. The number of amides is 1. The normalized spacial score (nSPS) is 12.1. The third-order valence-corrected chi connectivity index (χ3v) is 5.22. The molecule has 0 fully saturated rings. The maximum Gasteiger partial charge on any atom is 0.270 e. The largest absolute Gasteiger partial charge is 0.369 e. The molecule has 162 valence electrons. The number of hydrogen-bond donors (Lipinski definition) is 3. The maximum absolute atomic E-state index is 12.7. The van der Waals surface area contributed by atoms with Gasteiger partial charge in [0.05, 0.1) is 6.54 Å². The van der Waals surface area contributed by atoms with Crippen molar-refractivity contribution in [3.63, 3.8) is 0 Å². The molecule has 2 heterocycles. The van der Waals surface area contributed by atoms with Gasteiger partial charge in [-0.05, 0) is 33.2 Å². The Hall–Kier alpha value is -3.60. The lowest BCUT2D eigenvalue weighted by Crippen LogP contribution is -2.34. The molecule has 1 amide bonds. The van der Waals surface area contributed by atoms with Gasteiger partial charge in [-0.1, -0.05) is 12.0 Å². The molecule has 2 aromatic heterocycles. The van der Waals surface area contributed by atoms with Gasteiger partial charge in [-0.3, -0.25) is 14.2 Å². The number of pyridine rings is 1. The standard InChI is InChI=1S/C21H25N7O2S/c1-5-10-24-19(29)15(13-22)21-28(6-2)20(30)16(31-21)14-25-18-9-7-8-17(26-18)23-11-12-27(3)4/h1,7-9,14H,6,10-12H2,2-4H3,(H,24,29)(H2,23,25,26)/b16-14+,21-15-. The van der Waals surface area contributed by atoms with Gasteiger partial charge in [-0.2, -0.15) is 5.26 Å². The molecule has 2 aromatic rings. The molecule has 10 heteroatoms. The number of carbonyl (C=O) groups excluding carboxylic acids is 1. The van der Waals surface area contributed by atoms with Crippen LogP contribution in [-0.4, -0.2) is 54.1 Å². The lowest BCUT2D eigenvalue weighted by molar-refractivity contribution is -0.115. The quantitative estimate of drug-likeness (QED) is 0.454. The first-order valence-corrected chi connectivity index (χ1v) is 10.4. The molecule has 0 bridgehead atoms. The SMILES string of the molecule is C#CCNC(=O)/C(C#N)=c1\s/c(=C/Nc2cccc(NCCN(C)C)n2)c(=O)n1CC. The van der Waals surface area contributed by atoms with E-state index in [2.05, 4.69) is 31.8 Å². The second-order valence-corrected chi connectivity index (χ2v) is 7.65. The van der Waals surface area contributed by atoms with Gasteiger partial charge >= 0.3 is 0 Å². The van der Waals surface area contributed by atoms with Gasteiger partial charge in [-0.15, -0.1) is 17.8 Å². The molecule has 2 rings (SSSR count). The molecule has 0 atom stereocenters. The van der Waals surface area contributed by atoms with Crippen molar-refractivity contribution in [1.82, 2.24) is 19.8 Å². The molecule has 0 aromatic carbocycles. The van der Waals surface area contributed by atoms with Crippen LogP contribution in [0.3, 0.4) is 0 Å². The van der Waals surface area contributed by atoms with Gasteiger partial charge < -0.3 is 20.9 Å². The van der Waals surface area contributed by atoms with Gasteiger partial charge in [0.15, 0.2) is 5.57 Å². The number of nitrogens with one attached hydrogen (secondary N) is 3. The Kier molecular flexibility index (Phi) is 8.82. The highest BCUT2D eigenvalue weighted by Gasteiger charge is 2.14. The fourth-order valence-electron chi connectivity index (χ4n) is 2.57. The molecular formula is C21H25N7O2S. The van der Waals surface area contributed by atoms with Crippen LogP contribution in [-0.2, 0) is 11.3 Å². The zero-order valence-corrected chi connectivity index (χ0v) is 18.5. The first kappa shape index (κ1) is 23.7. The van der Waals surface area contributed by atoms with E-state index in [9.17, 15) is 14.9 Å². The number of thiazole rings is 1. The minimum absolute atomic E-state index is 0.00310. The number of carbonyl (C=O) groups is 1. The van der Waals surface area contributed by atoms with Crippen LogP contribution in [0.1, 0.15) is 6.92 Å². The van der Waals surface area contributed by atoms with Crippen molar-refractivity contribution in [3.05, 3.63) is 37.7 Å². The molecule has 0 aliphatic rings. The lowest BCUT2D eigenvalue weighted by Gasteiger charge is -2.11. The molecule has 0 aliphatic carbocycles. The topological polar surface area (TPSA) is 115 Å². The third kappa shape index (κ3) is 6.44. The fraction of sp³-hybridized carbons (Fsp3) is 0.333. The summed E-state index contributed by atoms with van der Waals surface area (Å²) < 4.78 is 2.02. The Balaban J connectivity index is 2.35. The Morgan fingerprint density at radius 3 is 2.77 bits per heavy atom. The highest BCUT2D eigenvalue weighted by Crippen LogP contribution is 2.08. The number of likely N-dealkylation sites (N-methyl/N-ethyl adjacent to an activating group) is 1. The number of hydrogen-bond acceptors (Lipinski definition) is 8. The summed E-state index contributed by atoms with van der Waals surface area (Å²) in [6.45, 7) is 3.70. The van der Waals surface area contributed by atoms with Crippen molar-refractivity contribution in [2.24, 2.45) is 0 Å². The van der Waals surface area contributed by atoms with Crippen molar-refractivity contribution in [3.8, 4) is 18.4 Å². The molecule has 9 nitrogen and oxygen atoms in total. The van der Waals surface area contributed by atoms with E-state index in [1.54, 1.807) is 13.0 Å². The van der Waals surface area contributed by atoms with E-state index in [0.29, 0.717) is 22.7 Å². The number of aromatic nitrogens is 2. The summed E-state index contributed by atoms with van der Waals surface area (Å²) in [5.41, 5.74) is -0.447. The van der Waals surface area contributed by atoms with Crippen LogP contribution >= 0.6 is 11.3 Å². The van der Waals surface area contributed by atoms with Gasteiger partial charge in [0.1, 0.15) is 26.9 Å². The number of nitrogens with zero attached hydrogens (tertiary/aromatic N) is 4. The predicted molar refractivity (Wildman–Crippen MR) is 124 cm³/mol. The maximum atomic E-state index is 12.7. The number of terminal acetylenes is 1. The molecule has 0 saturated heterocycles. The Bertz CT molecular complexity index is 1180. The fourth-order valence-corrected chi connectivity index (χ4v) is 3.65.